The van der Waals surface area contributed by atoms with Gasteiger partial charge >= 0.3 is 0 Å². The zero-order valence-electron chi connectivity index (χ0n) is 34.1. The number of aromatic nitrogens is 3. The number of nitrogens with zero attached hydrogens (tertiary/aromatic N) is 3. The quantitative estimate of drug-likeness (QED) is 0.175. The third-order valence-corrected chi connectivity index (χ3v) is 13.1. The molecule has 0 unspecified atom stereocenters. The number of hydrogen-bond acceptors (Lipinski definition) is 4. The van der Waals surface area contributed by atoms with Gasteiger partial charge in [-0.3, -0.25) is 9.55 Å². The van der Waals surface area contributed by atoms with Crippen LogP contribution in [0.5, 0.6) is 5.75 Å². The van der Waals surface area contributed by atoms with Gasteiger partial charge in [0.25, 0.3) is 0 Å². The summed E-state index contributed by atoms with van der Waals surface area (Å²) < 4.78 is 8.51. The zero-order chi connectivity index (χ0) is 39.5. The van der Waals surface area contributed by atoms with Crippen molar-refractivity contribution in [2.45, 2.75) is 78.1 Å². The monoisotopic (exact) mass is 939 g/mol. The van der Waals surface area contributed by atoms with E-state index in [9.17, 15) is 5.11 Å². The van der Waals surface area contributed by atoms with Gasteiger partial charge in [0, 0.05) is 48.9 Å². The van der Waals surface area contributed by atoms with Gasteiger partial charge in [-0.15, -0.1) is 35.4 Å². The SMILES string of the molecule is CC(C)c1cccc(C(C)C)c1-n1c(-c2cc3c(cc2O)oc2ccccc23)nc2c(-c3nc4c(c5ccccc35)C(C)(C)C(C)(C)c3ccc[c-]c3-4)cccc21.[Pt]. The average molecular weight is 940 g/mol. The first-order valence-corrected chi connectivity index (χ1v) is 20.1. The number of furan rings is 1. The summed E-state index contributed by atoms with van der Waals surface area (Å²) in [7, 11) is 0. The Bertz CT molecular complexity index is 3080. The molecule has 6 heteroatoms. The summed E-state index contributed by atoms with van der Waals surface area (Å²) in [6, 6.07) is 43.6. The van der Waals surface area contributed by atoms with Gasteiger partial charge in [0.15, 0.2) is 0 Å². The second-order valence-electron chi connectivity index (χ2n) is 17.4. The Morgan fingerprint density at radius 3 is 2.03 bits per heavy atom. The molecule has 0 bridgehead atoms. The minimum absolute atomic E-state index is 0. The van der Waals surface area contributed by atoms with Crippen LogP contribution in [0.1, 0.15) is 89.5 Å². The van der Waals surface area contributed by atoms with Crippen molar-refractivity contribution in [1.82, 2.24) is 14.5 Å². The van der Waals surface area contributed by atoms with Crippen LogP contribution in [0.3, 0.4) is 0 Å². The Labute approximate surface area is 354 Å². The molecule has 0 radical (unpaired) electrons. The fourth-order valence-corrected chi connectivity index (χ4v) is 9.49. The maximum atomic E-state index is 12.0. The predicted molar refractivity (Wildman–Crippen MR) is 235 cm³/mol. The summed E-state index contributed by atoms with van der Waals surface area (Å²) in [4.78, 5) is 11.3. The van der Waals surface area contributed by atoms with Gasteiger partial charge in [-0.1, -0.05) is 134 Å². The number of phenolic OH excluding ortho intramolecular Hbond substituents is 1. The van der Waals surface area contributed by atoms with Crippen LogP contribution in [0.15, 0.2) is 120 Å². The molecule has 3 heterocycles. The van der Waals surface area contributed by atoms with E-state index in [1.165, 1.54) is 27.6 Å². The minimum Gasteiger partial charge on any atom is -0.507 e. The van der Waals surface area contributed by atoms with Gasteiger partial charge in [-0.2, -0.15) is 0 Å². The molecule has 10 rings (SSSR count). The van der Waals surface area contributed by atoms with Crippen LogP contribution in [0.25, 0.3) is 83.3 Å². The topological polar surface area (TPSA) is 64.1 Å². The van der Waals surface area contributed by atoms with Crippen molar-refractivity contribution >= 4 is 43.7 Å². The van der Waals surface area contributed by atoms with E-state index in [1.54, 1.807) is 6.07 Å². The Balaban J connectivity index is 0.00000436. The number of aromatic hydroxyl groups is 1. The van der Waals surface area contributed by atoms with Crippen LogP contribution >= 0.6 is 0 Å². The van der Waals surface area contributed by atoms with E-state index in [-0.39, 0.29) is 49.5 Å². The molecule has 0 atom stereocenters. The van der Waals surface area contributed by atoms with Crippen molar-refractivity contribution in [2.75, 3.05) is 0 Å². The first-order valence-electron chi connectivity index (χ1n) is 20.1. The summed E-state index contributed by atoms with van der Waals surface area (Å²) in [6.07, 6.45) is 0. The molecule has 0 aliphatic heterocycles. The van der Waals surface area contributed by atoms with Crippen molar-refractivity contribution in [1.29, 1.82) is 0 Å². The number of phenols is 1. The van der Waals surface area contributed by atoms with Gasteiger partial charge in [0.05, 0.1) is 28.0 Å². The van der Waals surface area contributed by atoms with Gasteiger partial charge in [-0.25, -0.2) is 4.98 Å². The molecule has 0 saturated carbocycles. The van der Waals surface area contributed by atoms with Gasteiger partial charge < -0.3 is 9.52 Å². The van der Waals surface area contributed by atoms with E-state index >= 15 is 0 Å². The standard InChI is InChI=1S/C52H46N3O2.Pt/c1-29(2)31-21-15-22-32(30(3)4)49(31)55-41-25-16-23-37(47(41)54-50(55)39-27-38-33-17-12-14-26-43(33)57-44(38)28-42(39)56)46-35-19-10-9-18-34(35)45-48(53-46)36-20-11-13-24-40(36)51(5,6)52(45,7)8;/h9-19,21-30,56H,1-8H3;/q-1;. The van der Waals surface area contributed by atoms with E-state index in [0.717, 1.165) is 61.0 Å². The second-order valence-corrected chi connectivity index (χ2v) is 17.4. The van der Waals surface area contributed by atoms with Crippen molar-refractivity contribution in [3.05, 3.63) is 144 Å². The Hall–Kier alpha value is -5.51. The molecule has 0 spiro atoms. The minimum atomic E-state index is -0.225. The fourth-order valence-electron chi connectivity index (χ4n) is 9.49. The third kappa shape index (κ3) is 5.32. The zero-order valence-corrected chi connectivity index (χ0v) is 36.4. The molecule has 6 aromatic carbocycles. The van der Waals surface area contributed by atoms with E-state index < -0.39 is 0 Å². The smallest absolute Gasteiger partial charge is 0.149 e. The summed E-state index contributed by atoms with van der Waals surface area (Å²) in [5.41, 5.74) is 13.3. The molecular weight excluding hydrogens is 894 g/mol. The molecule has 0 fully saturated rings. The molecule has 0 saturated heterocycles. The fraction of sp³-hybridized carbons (Fsp3) is 0.231. The number of fused-ring (bicyclic) bond motifs is 9. The summed E-state index contributed by atoms with van der Waals surface area (Å²) in [5.74, 6) is 1.25. The number of benzene rings is 6. The van der Waals surface area contributed by atoms with Crippen LogP contribution in [-0.2, 0) is 31.9 Å². The maximum absolute atomic E-state index is 12.0. The molecule has 0 amide bonds. The summed E-state index contributed by atoms with van der Waals surface area (Å²) in [6.45, 7) is 18.4. The normalized spacial score (nSPS) is 14.4. The van der Waals surface area contributed by atoms with Gasteiger partial charge in [-0.05, 0) is 63.1 Å². The molecule has 5 nitrogen and oxygen atoms in total. The van der Waals surface area contributed by atoms with Crippen LogP contribution in [0, 0.1) is 6.07 Å². The number of imidazole rings is 1. The first kappa shape index (κ1) is 38.0. The Morgan fingerprint density at radius 1 is 0.638 bits per heavy atom. The first-order chi connectivity index (χ1) is 27.4. The van der Waals surface area contributed by atoms with Gasteiger partial charge in [0.1, 0.15) is 22.7 Å². The van der Waals surface area contributed by atoms with Crippen LogP contribution in [0.2, 0.25) is 0 Å². The van der Waals surface area contributed by atoms with Crippen LogP contribution in [0.4, 0.5) is 0 Å². The molecule has 1 aliphatic carbocycles. The van der Waals surface area contributed by atoms with Crippen molar-refractivity contribution in [3.8, 4) is 45.3 Å². The summed E-state index contributed by atoms with van der Waals surface area (Å²) in [5, 5.41) is 16.2. The number of rotatable bonds is 5. The molecule has 58 heavy (non-hydrogen) atoms. The number of pyridine rings is 1. The molecular formula is C52H46N3O2Pt-. The van der Waals surface area contributed by atoms with Crippen molar-refractivity contribution in [3.63, 3.8) is 0 Å². The number of para-hydroxylation sites is 3. The molecule has 1 N–H and O–H groups in total. The largest absolute Gasteiger partial charge is 0.507 e. The van der Waals surface area contributed by atoms with Crippen LogP contribution in [-0.4, -0.2) is 19.6 Å². The van der Waals surface area contributed by atoms with Crippen molar-refractivity contribution in [2.24, 2.45) is 0 Å². The predicted octanol–water partition coefficient (Wildman–Crippen LogP) is 13.8. The molecule has 3 aromatic heterocycles. The Morgan fingerprint density at radius 2 is 1.31 bits per heavy atom. The van der Waals surface area contributed by atoms with E-state index in [0.29, 0.717) is 17.0 Å². The van der Waals surface area contributed by atoms with Crippen LogP contribution < -0.4 is 0 Å². The van der Waals surface area contributed by atoms with E-state index in [4.69, 9.17) is 14.4 Å². The molecule has 9 aromatic rings. The van der Waals surface area contributed by atoms with E-state index in [1.807, 2.05) is 30.3 Å². The maximum Gasteiger partial charge on any atom is 0.149 e. The second kappa shape index (κ2) is 13.5. The molecule has 1 aliphatic rings. The number of hydrogen-bond donors (Lipinski definition) is 1. The van der Waals surface area contributed by atoms with E-state index in [2.05, 4.69) is 145 Å². The van der Waals surface area contributed by atoms with Gasteiger partial charge in [0.2, 0.25) is 0 Å². The molecule has 292 valence electrons. The Kier molecular flexibility index (Phi) is 8.87. The third-order valence-electron chi connectivity index (χ3n) is 13.1. The summed E-state index contributed by atoms with van der Waals surface area (Å²) >= 11 is 0. The average Bonchev–Trinajstić information content (AvgIpc) is 3.76. The van der Waals surface area contributed by atoms with Crippen molar-refractivity contribution < 1.29 is 30.6 Å².